The highest BCUT2D eigenvalue weighted by atomic mass is 32.1. The predicted molar refractivity (Wildman–Crippen MR) is 119 cm³/mol. The van der Waals surface area contributed by atoms with Crippen molar-refractivity contribution in [1.29, 1.82) is 0 Å². The normalized spacial score (nSPS) is 10.8. The summed E-state index contributed by atoms with van der Waals surface area (Å²) in [6, 6.07) is 14.7. The van der Waals surface area contributed by atoms with Crippen LogP contribution in [0.1, 0.15) is 0 Å². The van der Waals surface area contributed by atoms with Gasteiger partial charge in [-0.25, -0.2) is 4.98 Å². The van der Waals surface area contributed by atoms with Gasteiger partial charge >= 0.3 is 0 Å². The van der Waals surface area contributed by atoms with Crippen LogP contribution in [0.2, 0.25) is 0 Å². The van der Waals surface area contributed by atoms with Gasteiger partial charge in [-0.2, -0.15) is 5.10 Å². The van der Waals surface area contributed by atoms with Gasteiger partial charge in [-0.3, -0.25) is 14.4 Å². The van der Waals surface area contributed by atoms with Crippen LogP contribution in [0, 0.1) is 0 Å². The first-order chi connectivity index (χ1) is 15.2. The summed E-state index contributed by atoms with van der Waals surface area (Å²) < 4.78 is 19.1. The summed E-state index contributed by atoms with van der Waals surface area (Å²) in [6.45, 7) is 0.804. The second kappa shape index (κ2) is 9.48. The number of carbonyl (C=O) groups excluding carboxylic acids is 1. The molecule has 0 saturated carbocycles. The zero-order valence-corrected chi connectivity index (χ0v) is 18.0. The lowest BCUT2D eigenvalue weighted by atomic mass is 10.3. The largest absolute Gasteiger partial charge is 0.497 e. The summed E-state index contributed by atoms with van der Waals surface area (Å²) >= 11 is 1.43. The number of para-hydroxylation sites is 2. The molecule has 31 heavy (non-hydrogen) atoms. The molecule has 0 saturated heterocycles. The first-order valence-electron chi connectivity index (χ1n) is 9.66. The van der Waals surface area contributed by atoms with Gasteiger partial charge in [0.15, 0.2) is 23.2 Å². The Balaban J connectivity index is 1.56. The average Bonchev–Trinajstić information content (AvgIpc) is 3.47. The number of hydrogen-bond donors (Lipinski definition) is 0. The highest BCUT2D eigenvalue weighted by molar-refractivity contribution is 7.22. The van der Waals surface area contributed by atoms with Gasteiger partial charge in [0, 0.05) is 18.9 Å². The summed E-state index contributed by atoms with van der Waals surface area (Å²) in [5.74, 6) is 1.63. The predicted octanol–water partition coefficient (Wildman–Crippen LogP) is 3.62. The van der Waals surface area contributed by atoms with Crippen LogP contribution in [0.4, 0.5) is 5.13 Å². The molecule has 0 aliphatic heterocycles. The Kier molecular flexibility index (Phi) is 6.32. The Morgan fingerprint density at radius 3 is 2.68 bits per heavy atom. The molecule has 1 amide bonds. The standard InChI is InChI=1S/C22H22N4O4S/c1-28-16-8-9-17-20(14-16)31-22(24-17)26(13-12-25-11-5-10-23-25)21(27)15-30-19-7-4-3-6-18(19)29-2/h3-11,14H,12-13,15H2,1-2H3. The maximum Gasteiger partial charge on any atom is 0.266 e. The summed E-state index contributed by atoms with van der Waals surface area (Å²) in [5, 5.41) is 4.82. The van der Waals surface area contributed by atoms with Crippen LogP contribution in [0.25, 0.3) is 10.2 Å². The average molecular weight is 439 g/mol. The molecule has 0 N–H and O–H groups in total. The Morgan fingerprint density at radius 1 is 1.10 bits per heavy atom. The van der Waals surface area contributed by atoms with Crippen molar-refractivity contribution >= 4 is 32.6 Å². The van der Waals surface area contributed by atoms with Gasteiger partial charge in [-0.05, 0) is 36.4 Å². The van der Waals surface area contributed by atoms with Crippen molar-refractivity contribution in [2.24, 2.45) is 0 Å². The van der Waals surface area contributed by atoms with E-state index in [1.165, 1.54) is 11.3 Å². The van der Waals surface area contributed by atoms with Gasteiger partial charge in [0.2, 0.25) is 0 Å². The molecule has 0 fully saturated rings. The Hall–Kier alpha value is -3.59. The van der Waals surface area contributed by atoms with Gasteiger partial charge in [-0.15, -0.1) is 0 Å². The monoisotopic (exact) mass is 438 g/mol. The van der Waals surface area contributed by atoms with Crippen LogP contribution in [-0.4, -0.2) is 48.0 Å². The van der Waals surface area contributed by atoms with Gasteiger partial charge in [-0.1, -0.05) is 23.5 Å². The highest BCUT2D eigenvalue weighted by Crippen LogP contribution is 2.32. The minimum Gasteiger partial charge on any atom is -0.497 e. The van der Waals surface area contributed by atoms with E-state index >= 15 is 0 Å². The number of anilines is 1. The van der Waals surface area contributed by atoms with Crippen molar-refractivity contribution in [1.82, 2.24) is 14.8 Å². The number of aromatic nitrogens is 3. The number of methoxy groups -OCH3 is 2. The molecule has 2 aromatic heterocycles. The van der Waals surface area contributed by atoms with Crippen LogP contribution >= 0.6 is 11.3 Å². The number of fused-ring (bicyclic) bond motifs is 1. The van der Waals surface area contributed by atoms with E-state index in [4.69, 9.17) is 14.2 Å². The molecule has 2 heterocycles. The van der Waals surface area contributed by atoms with Crippen LogP contribution < -0.4 is 19.1 Å². The second-order valence-electron chi connectivity index (χ2n) is 6.58. The lowest BCUT2D eigenvalue weighted by Crippen LogP contribution is -2.37. The third-order valence-electron chi connectivity index (χ3n) is 4.65. The Bertz CT molecular complexity index is 1160. The lowest BCUT2D eigenvalue weighted by molar-refractivity contribution is -0.120. The number of hydrogen-bond acceptors (Lipinski definition) is 7. The number of rotatable bonds is 9. The number of carbonyl (C=O) groups is 1. The van der Waals surface area contributed by atoms with E-state index in [1.807, 2.05) is 42.6 Å². The number of nitrogens with zero attached hydrogens (tertiary/aromatic N) is 4. The van der Waals surface area contributed by atoms with Gasteiger partial charge in [0.25, 0.3) is 5.91 Å². The van der Waals surface area contributed by atoms with E-state index in [9.17, 15) is 4.79 Å². The molecule has 4 rings (SSSR count). The Labute approximate surface area is 183 Å². The van der Waals surface area contributed by atoms with Crippen LogP contribution in [-0.2, 0) is 11.3 Å². The second-order valence-corrected chi connectivity index (χ2v) is 7.59. The van der Waals surface area contributed by atoms with Crippen LogP contribution in [0.3, 0.4) is 0 Å². The number of amides is 1. The van der Waals surface area contributed by atoms with Gasteiger partial charge in [0.05, 0.1) is 31.0 Å². The fraction of sp³-hybridized carbons (Fsp3) is 0.227. The maximum atomic E-state index is 13.1. The fourth-order valence-electron chi connectivity index (χ4n) is 3.05. The summed E-state index contributed by atoms with van der Waals surface area (Å²) in [4.78, 5) is 19.4. The SMILES string of the molecule is COc1ccc2nc(N(CCn3cccn3)C(=O)COc3ccccc3OC)sc2c1. The van der Waals surface area contributed by atoms with Crippen molar-refractivity contribution in [3.8, 4) is 17.2 Å². The number of ether oxygens (including phenoxy) is 3. The summed E-state index contributed by atoms with van der Waals surface area (Å²) in [6.07, 6.45) is 3.57. The van der Waals surface area contributed by atoms with E-state index in [0.717, 1.165) is 16.0 Å². The maximum absolute atomic E-state index is 13.1. The molecule has 8 nitrogen and oxygen atoms in total. The van der Waals surface area contributed by atoms with Crippen LogP contribution in [0.15, 0.2) is 60.9 Å². The topological polar surface area (TPSA) is 78.7 Å². The zero-order valence-electron chi connectivity index (χ0n) is 17.2. The molecule has 160 valence electrons. The molecule has 9 heteroatoms. The highest BCUT2D eigenvalue weighted by Gasteiger charge is 2.21. The first kappa shape index (κ1) is 20.7. The van der Waals surface area contributed by atoms with E-state index in [-0.39, 0.29) is 12.5 Å². The minimum absolute atomic E-state index is 0.140. The molecule has 0 aliphatic rings. The first-order valence-corrected chi connectivity index (χ1v) is 10.5. The van der Waals surface area contributed by atoms with Crippen molar-refractivity contribution in [3.63, 3.8) is 0 Å². The fourth-order valence-corrected chi connectivity index (χ4v) is 4.09. The van der Waals surface area contributed by atoms with Crippen LogP contribution in [0.5, 0.6) is 17.2 Å². The molecule has 2 aromatic carbocycles. The number of thiazole rings is 1. The quantitative estimate of drug-likeness (QED) is 0.397. The molecular formula is C22H22N4O4S. The van der Waals surface area contributed by atoms with Crippen molar-refractivity contribution in [3.05, 3.63) is 60.9 Å². The molecule has 0 aliphatic carbocycles. The molecule has 0 unspecified atom stereocenters. The summed E-state index contributed by atoms with van der Waals surface area (Å²) in [5.41, 5.74) is 0.809. The smallest absolute Gasteiger partial charge is 0.266 e. The summed E-state index contributed by atoms with van der Waals surface area (Å²) in [7, 11) is 3.19. The lowest BCUT2D eigenvalue weighted by Gasteiger charge is -2.20. The van der Waals surface area contributed by atoms with E-state index in [1.54, 1.807) is 42.1 Å². The van der Waals surface area contributed by atoms with Gasteiger partial charge in [0.1, 0.15) is 5.75 Å². The minimum atomic E-state index is -0.205. The molecule has 0 bridgehead atoms. The molecule has 0 atom stereocenters. The zero-order chi connectivity index (χ0) is 21.6. The Morgan fingerprint density at radius 2 is 1.94 bits per heavy atom. The van der Waals surface area contributed by atoms with Crippen molar-refractivity contribution in [2.75, 3.05) is 32.3 Å². The number of benzene rings is 2. The van der Waals surface area contributed by atoms with Gasteiger partial charge < -0.3 is 14.2 Å². The van der Waals surface area contributed by atoms with E-state index in [2.05, 4.69) is 10.1 Å². The van der Waals surface area contributed by atoms with Crippen molar-refractivity contribution in [2.45, 2.75) is 6.54 Å². The third kappa shape index (κ3) is 4.77. The molecule has 0 spiro atoms. The third-order valence-corrected chi connectivity index (χ3v) is 5.69. The molecular weight excluding hydrogens is 416 g/mol. The van der Waals surface area contributed by atoms with Crippen molar-refractivity contribution < 1.29 is 19.0 Å². The van der Waals surface area contributed by atoms with E-state index in [0.29, 0.717) is 29.7 Å². The molecule has 0 radical (unpaired) electrons. The van der Waals surface area contributed by atoms with E-state index < -0.39 is 0 Å². The molecule has 4 aromatic rings.